The Balaban J connectivity index is 1.69. The first kappa shape index (κ1) is 13.8. The molecular formula is C12H17N3O3S2. The lowest BCUT2D eigenvalue weighted by Crippen LogP contribution is -2.35. The highest BCUT2D eigenvalue weighted by atomic mass is 32.2. The van der Waals surface area contributed by atoms with E-state index < -0.39 is 10.0 Å². The minimum atomic E-state index is -3.30. The lowest BCUT2D eigenvalue weighted by atomic mass is 10.1. The average Bonchev–Trinajstić information content (AvgIpc) is 3.05. The summed E-state index contributed by atoms with van der Waals surface area (Å²) in [6, 6.07) is 0. The zero-order chi connectivity index (χ0) is 14.3. The predicted molar refractivity (Wildman–Crippen MR) is 77.0 cm³/mol. The van der Waals surface area contributed by atoms with Crippen LogP contribution >= 0.6 is 11.3 Å². The summed E-state index contributed by atoms with van der Waals surface area (Å²) in [6.45, 7) is 1.24. The van der Waals surface area contributed by atoms with Crippen LogP contribution in [0.1, 0.15) is 29.8 Å². The highest BCUT2D eigenvalue weighted by Crippen LogP contribution is 2.34. The number of thiazole rings is 1. The van der Waals surface area contributed by atoms with E-state index in [1.54, 1.807) is 0 Å². The van der Waals surface area contributed by atoms with Gasteiger partial charge in [0.2, 0.25) is 15.9 Å². The molecule has 0 saturated heterocycles. The molecule has 110 valence electrons. The number of nitrogens with zero attached hydrogens (tertiary/aromatic N) is 2. The third-order valence-electron chi connectivity index (χ3n) is 3.52. The first-order valence-electron chi connectivity index (χ1n) is 6.65. The minimum Gasteiger partial charge on any atom is -0.337 e. The van der Waals surface area contributed by atoms with Crippen LogP contribution in [-0.4, -0.2) is 37.0 Å². The van der Waals surface area contributed by atoms with Gasteiger partial charge in [0.05, 0.1) is 18.5 Å². The first-order chi connectivity index (χ1) is 9.40. The number of nitrogens with one attached hydrogen (secondary N) is 1. The monoisotopic (exact) mass is 315 g/mol. The maximum Gasteiger partial charge on any atom is 0.231 e. The summed E-state index contributed by atoms with van der Waals surface area (Å²) in [5.41, 5.74) is 0.914. The summed E-state index contributed by atoms with van der Waals surface area (Å²) in [7, 11) is -3.30. The minimum absolute atomic E-state index is 0.212. The second kappa shape index (κ2) is 5.00. The van der Waals surface area contributed by atoms with Gasteiger partial charge in [0.25, 0.3) is 0 Å². The normalized spacial score (nSPS) is 18.8. The second-order valence-corrected chi connectivity index (χ2v) is 8.31. The van der Waals surface area contributed by atoms with Crippen molar-refractivity contribution in [2.45, 2.75) is 32.2 Å². The van der Waals surface area contributed by atoms with Crippen LogP contribution < -0.4 is 4.72 Å². The molecule has 2 heterocycles. The topological polar surface area (TPSA) is 79.4 Å². The zero-order valence-corrected chi connectivity index (χ0v) is 12.9. The molecule has 1 aromatic heterocycles. The number of fused-ring (bicyclic) bond motifs is 1. The van der Waals surface area contributed by atoms with Crippen molar-refractivity contribution in [2.24, 2.45) is 5.92 Å². The van der Waals surface area contributed by atoms with Gasteiger partial charge in [0.1, 0.15) is 0 Å². The van der Waals surface area contributed by atoms with Crippen LogP contribution in [-0.2, 0) is 27.8 Å². The van der Waals surface area contributed by atoms with Crippen molar-refractivity contribution in [1.29, 1.82) is 0 Å². The summed E-state index contributed by atoms with van der Waals surface area (Å²) >= 11 is 1.32. The molecule has 1 saturated carbocycles. The van der Waals surface area contributed by atoms with Crippen LogP contribution in [0.15, 0.2) is 0 Å². The van der Waals surface area contributed by atoms with Gasteiger partial charge < -0.3 is 4.90 Å². The quantitative estimate of drug-likeness (QED) is 0.905. The fraction of sp³-hybridized carbons (Fsp3) is 0.667. The van der Waals surface area contributed by atoms with E-state index in [1.165, 1.54) is 24.2 Å². The molecule has 0 unspecified atom stereocenters. The van der Waals surface area contributed by atoms with E-state index in [2.05, 4.69) is 9.71 Å². The molecule has 1 amide bonds. The number of amides is 1. The number of hydrogen-bond donors (Lipinski definition) is 1. The SMILES string of the molecule is CS(=O)(=O)Nc1nc2c(s1)CN(C(=O)CC1CC1)CC2. The van der Waals surface area contributed by atoms with E-state index >= 15 is 0 Å². The van der Waals surface area contributed by atoms with Crippen LogP contribution in [0.25, 0.3) is 0 Å². The fourth-order valence-electron chi connectivity index (χ4n) is 2.31. The van der Waals surface area contributed by atoms with Gasteiger partial charge in [-0.2, -0.15) is 0 Å². The average molecular weight is 315 g/mol. The van der Waals surface area contributed by atoms with Gasteiger partial charge in [-0.15, -0.1) is 0 Å². The summed E-state index contributed by atoms with van der Waals surface area (Å²) in [6.07, 6.45) is 4.82. The molecule has 0 aromatic carbocycles. The molecule has 1 fully saturated rings. The lowest BCUT2D eigenvalue weighted by Gasteiger charge is -2.26. The summed E-state index contributed by atoms with van der Waals surface area (Å²) in [5.74, 6) is 0.803. The van der Waals surface area contributed by atoms with Crippen LogP contribution in [0.5, 0.6) is 0 Å². The third-order valence-corrected chi connectivity index (χ3v) is 5.21. The number of carbonyl (C=O) groups is 1. The number of sulfonamides is 1. The maximum absolute atomic E-state index is 12.1. The first-order valence-corrected chi connectivity index (χ1v) is 9.35. The summed E-state index contributed by atoms with van der Waals surface area (Å²) in [4.78, 5) is 19.2. The van der Waals surface area contributed by atoms with Crippen molar-refractivity contribution in [2.75, 3.05) is 17.5 Å². The van der Waals surface area contributed by atoms with Crippen molar-refractivity contribution >= 4 is 32.4 Å². The molecule has 0 atom stereocenters. The molecule has 0 radical (unpaired) electrons. The second-order valence-electron chi connectivity index (χ2n) is 5.48. The van der Waals surface area contributed by atoms with Gasteiger partial charge in [0.15, 0.2) is 5.13 Å². The Hall–Kier alpha value is -1.15. The molecule has 1 aliphatic heterocycles. The molecule has 6 nitrogen and oxygen atoms in total. The van der Waals surface area contributed by atoms with Crippen molar-refractivity contribution in [3.8, 4) is 0 Å². The molecule has 8 heteroatoms. The molecule has 1 N–H and O–H groups in total. The number of rotatable bonds is 4. The highest BCUT2D eigenvalue weighted by Gasteiger charge is 2.29. The predicted octanol–water partition coefficient (Wildman–Crippen LogP) is 1.20. The van der Waals surface area contributed by atoms with E-state index in [0.29, 0.717) is 37.0 Å². The van der Waals surface area contributed by atoms with Gasteiger partial charge in [-0.3, -0.25) is 9.52 Å². The van der Waals surface area contributed by atoms with Gasteiger partial charge in [-0.25, -0.2) is 13.4 Å². The number of hydrogen-bond acceptors (Lipinski definition) is 5. The Morgan fingerprint density at radius 1 is 1.50 bits per heavy atom. The van der Waals surface area contributed by atoms with Crippen molar-refractivity contribution in [3.63, 3.8) is 0 Å². The molecule has 0 spiro atoms. The molecule has 2 aliphatic rings. The largest absolute Gasteiger partial charge is 0.337 e. The smallest absolute Gasteiger partial charge is 0.231 e. The standard InChI is InChI=1S/C12H17N3O3S2/c1-20(17,18)14-12-13-9-4-5-15(7-10(9)19-12)11(16)6-8-2-3-8/h8H,2-7H2,1H3,(H,13,14). The van der Waals surface area contributed by atoms with Crippen molar-refractivity contribution in [1.82, 2.24) is 9.88 Å². The Morgan fingerprint density at radius 3 is 2.90 bits per heavy atom. The molecule has 1 aromatic rings. The molecule has 20 heavy (non-hydrogen) atoms. The van der Waals surface area contributed by atoms with E-state index in [1.807, 2.05) is 4.90 Å². The molecule has 1 aliphatic carbocycles. The highest BCUT2D eigenvalue weighted by molar-refractivity contribution is 7.92. The van der Waals surface area contributed by atoms with Gasteiger partial charge in [-0.1, -0.05) is 11.3 Å². The summed E-state index contributed by atoms with van der Waals surface area (Å²) in [5, 5.41) is 0.397. The molecule has 0 bridgehead atoms. The Bertz CT molecular complexity index is 634. The third kappa shape index (κ3) is 3.29. The maximum atomic E-state index is 12.1. The molecular weight excluding hydrogens is 298 g/mol. The van der Waals surface area contributed by atoms with Crippen LogP contribution in [0.3, 0.4) is 0 Å². The fourth-order valence-corrected chi connectivity index (χ4v) is 4.17. The van der Waals surface area contributed by atoms with Crippen LogP contribution in [0.2, 0.25) is 0 Å². The number of carbonyl (C=O) groups excluding carboxylic acids is 1. The number of anilines is 1. The van der Waals surface area contributed by atoms with Gasteiger partial charge >= 0.3 is 0 Å². The van der Waals surface area contributed by atoms with Crippen molar-refractivity contribution in [3.05, 3.63) is 10.6 Å². The summed E-state index contributed by atoms with van der Waals surface area (Å²) < 4.78 is 24.8. The van der Waals surface area contributed by atoms with Crippen molar-refractivity contribution < 1.29 is 13.2 Å². The Labute approximate surface area is 122 Å². The lowest BCUT2D eigenvalue weighted by molar-refractivity contribution is -0.132. The van der Waals surface area contributed by atoms with Gasteiger partial charge in [0, 0.05) is 24.3 Å². The Kier molecular flexibility index (Phi) is 3.45. The van der Waals surface area contributed by atoms with Crippen LogP contribution in [0.4, 0.5) is 5.13 Å². The van der Waals surface area contributed by atoms with Crippen LogP contribution in [0, 0.1) is 5.92 Å². The van der Waals surface area contributed by atoms with E-state index in [-0.39, 0.29) is 5.91 Å². The molecule has 3 rings (SSSR count). The zero-order valence-electron chi connectivity index (χ0n) is 11.3. The Morgan fingerprint density at radius 2 is 2.25 bits per heavy atom. The van der Waals surface area contributed by atoms with E-state index in [9.17, 15) is 13.2 Å². The van der Waals surface area contributed by atoms with E-state index in [0.717, 1.165) is 16.8 Å². The number of aromatic nitrogens is 1. The van der Waals surface area contributed by atoms with Gasteiger partial charge in [-0.05, 0) is 18.8 Å². The van der Waals surface area contributed by atoms with E-state index in [4.69, 9.17) is 0 Å².